The molecule has 0 saturated carbocycles. The van der Waals surface area contributed by atoms with Crippen LogP contribution < -0.4 is 25.3 Å². The average Bonchev–Trinajstić information content (AvgIpc) is 2.59. The van der Waals surface area contributed by atoms with Gasteiger partial charge in [0.1, 0.15) is 24.2 Å². The van der Waals surface area contributed by atoms with Crippen LogP contribution in [0.3, 0.4) is 0 Å². The van der Waals surface area contributed by atoms with Crippen LogP contribution in [0.25, 0.3) is 0 Å². The third-order valence-corrected chi connectivity index (χ3v) is 3.98. The smallest absolute Gasteiger partial charge is 0.165 e. The van der Waals surface area contributed by atoms with E-state index in [1.165, 1.54) is 0 Å². The van der Waals surface area contributed by atoms with Crippen LogP contribution in [0.5, 0.6) is 23.0 Å². The van der Waals surface area contributed by atoms with E-state index in [0.29, 0.717) is 36.9 Å². The van der Waals surface area contributed by atoms with Crippen LogP contribution in [-0.2, 0) is 0 Å². The first-order valence-corrected chi connectivity index (χ1v) is 8.44. The molecule has 0 saturated heterocycles. The number of nitrogens with one attached hydrogen (secondary N) is 1. The zero-order chi connectivity index (χ0) is 17.6. The van der Waals surface area contributed by atoms with Crippen molar-refractivity contribution >= 4 is 5.69 Å². The molecule has 0 spiro atoms. The minimum absolute atomic E-state index is 0.0792. The van der Waals surface area contributed by atoms with Gasteiger partial charge in [0.05, 0.1) is 6.61 Å². The van der Waals surface area contributed by atoms with Gasteiger partial charge in [-0.2, -0.15) is 0 Å². The summed E-state index contributed by atoms with van der Waals surface area (Å²) in [5.41, 5.74) is 7.19. The SMILES string of the molecule is Cc1cc2c(cc1O)OC(CNCCCOc1cccc(N)c1)CO2. The fraction of sp³-hybridized carbons (Fsp3) is 0.368. The summed E-state index contributed by atoms with van der Waals surface area (Å²) in [4.78, 5) is 0. The van der Waals surface area contributed by atoms with Crippen LogP contribution in [0, 0.1) is 6.92 Å². The minimum atomic E-state index is -0.0792. The number of anilines is 1. The third-order valence-electron chi connectivity index (χ3n) is 3.98. The van der Waals surface area contributed by atoms with Crippen LogP contribution in [0.2, 0.25) is 0 Å². The first-order valence-electron chi connectivity index (χ1n) is 8.44. The summed E-state index contributed by atoms with van der Waals surface area (Å²) in [6.07, 6.45) is 0.795. The molecule has 134 valence electrons. The highest BCUT2D eigenvalue weighted by molar-refractivity contribution is 5.50. The van der Waals surface area contributed by atoms with Crippen LogP contribution in [0.1, 0.15) is 12.0 Å². The molecule has 1 atom stereocenters. The molecule has 0 aliphatic carbocycles. The summed E-state index contributed by atoms with van der Waals surface area (Å²) < 4.78 is 17.2. The summed E-state index contributed by atoms with van der Waals surface area (Å²) in [6, 6.07) is 10.8. The molecule has 0 amide bonds. The Bertz CT molecular complexity index is 721. The van der Waals surface area contributed by atoms with Crippen molar-refractivity contribution in [3.63, 3.8) is 0 Å². The molecular formula is C19H24N2O4. The van der Waals surface area contributed by atoms with Crippen molar-refractivity contribution in [2.45, 2.75) is 19.4 Å². The highest BCUT2D eigenvalue weighted by Gasteiger charge is 2.21. The summed E-state index contributed by atoms with van der Waals surface area (Å²) in [5.74, 6) is 2.28. The number of hydrogen-bond donors (Lipinski definition) is 3. The van der Waals surface area contributed by atoms with E-state index in [2.05, 4.69) is 5.32 Å². The number of nitrogen functional groups attached to an aromatic ring is 1. The molecule has 1 aliphatic heterocycles. The van der Waals surface area contributed by atoms with Crippen LogP contribution >= 0.6 is 0 Å². The number of hydrogen-bond acceptors (Lipinski definition) is 6. The van der Waals surface area contributed by atoms with Gasteiger partial charge in [0.25, 0.3) is 0 Å². The van der Waals surface area contributed by atoms with Gasteiger partial charge in [-0.3, -0.25) is 0 Å². The molecule has 0 fully saturated rings. The Kier molecular flexibility index (Phi) is 5.50. The number of benzene rings is 2. The lowest BCUT2D eigenvalue weighted by molar-refractivity contribution is 0.0897. The number of ether oxygens (including phenoxy) is 3. The largest absolute Gasteiger partial charge is 0.508 e. The number of phenolic OH excluding ortho intramolecular Hbond substituents is 1. The van der Waals surface area contributed by atoms with E-state index in [1.807, 2.05) is 31.2 Å². The molecular weight excluding hydrogens is 320 g/mol. The van der Waals surface area contributed by atoms with E-state index in [0.717, 1.165) is 24.3 Å². The van der Waals surface area contributed by atoms with Gasteiger partial charge in [-0.1, -0.05) is 6.07 Å². The molecule has 4 N–H and O–H groups in total. The van der Waals surface area contributed by atoms with E-state index in [9.17, 15) is 5.11 Å². The molecule has 1 aliphatic rings. The predicted octanol–water partition coefficient (Wildman–Crippen LogP) is 2.48. The second-order valence-corrected chi connectivity index (χ2v) is 6.11. The maximum absolute atomic E-state index is 9.77. The van der Waals surface area contributed by atoms with Gasteiger partial charge in [0, 0.05) is 24.4 Å². The Morgan fingerprint density at radius 1 is 1.28 bits per heavy atom. The number of rotatable bonds is 7. The first kappa shape index (κ1) is 17.2. The van der Waals surface area contributed by atoms with Gasteiger partial charge < -0.3 is 30.4 Å². The van der Waals surface area contributed by atoms with E-state index in [1.54, 1.807) is 12.1 Å². The lowest BCUT2D eigenvalue weighted by atomic mass is 10.2. The Hall–Kier alpha value is -2.60. The summed E-state index contributed by atoms with van der Waals surface area (Å²) >= 11 is 0. The zero-order valence-electron chi connectivity index (χ0n) is 14.3. The van der Waals surface area contributed by atoms with Crippen molar-refractivity contribution in [2.24, 2.45) is 0 Å². The van der Waals surface area contributed by atoms with Gasteiger partial charge >= 0.3 is 0 Å². The van der Waals surface area contributed by atoms with Crippen molar-refractivity contribution in [3.8, 4) is 23.0 Å². The van der Waals surface area contributed by atoms with E-state index in [4.69, 9.17) is 19.9 Å². The zero-order valence-corrected chi connectivity index (χ0v) is 14.3. The van der Waals surface area contributed by atoms with Crippen molar-refractivity contribution in [2.75, 3.05) is 32.0 Å². The van der Waals surface area contributed by atoms with Gasteiger partial charge in [-0.05, 0) is 43.7 Å². The van der Waals surface area contributed by atoms with Crippen LogP contribution in [-0.4, -0.2) is 37.5 Å². The lowest BCUT2D eigenvalue weighted by Gasteiger charge is -2.27. The topological polar surface area (TPSA) is 86.0 Å². The van der Waals surface area contributed by atoms with Gasteiger partial charge in [0.2, 0.25) is 0 Å². The van der Waals surface area contributed by atoms with Crippen molar-refractivity contribution < 1.29 is 19.3 Å². The van der Waals surface area contributed by atoms with E-state index >= 15 is 0 Å². The molecule has 1 unspecified atom stereocenters. The average molecular weight is 344 g/mol. The number of aromatic hydroxyl groups is 1. The molecule has 1 heterocycles. The van der Waals surface area contributed by atoms with Crippen molar-refractivity contribution in [3.05, 3.63) is 42.0 Å². The molecule has 0 radical (unpaired) electrons. The Labute approximate surface area is 147 Å². The Balaban J connectivity index is 1.35. The lowest BCUT2D eigenvalue weighted by Crippen LogP contribution is -2.39. The molecule has 6 heteroatoms. The normalized spacial score (nSPS) is 15.8. The molecule has 2 aromatic carbocycles. The van der Waals surface area contributed by atoms with Crippen molar-refractivity contribution in [1.82, 2.24) is 5.32 Å². The summed E-state index contributed by atoms with van der Waals surface area (Å²) in [6.45, 7) is 4.43. The van der Waals surface area contributed by atoms with E-state index < -0.39 is 0 Å². The monoisotopic (exact) mass is 344 g/mol. The Morgan fingerprint density at radius 2 is 2.16 bits per heavy atom. The van der Waals surface area contributed by atoms with Crippen LogP contribution in [0.4, 0.5) is 5.69 Å². The second kappa shape index (κ2) is 7.98. The predicted molar refractivity (Wildman–Crippen MR) is 96.6 cm³/mol. The molecule has 6 nitrogen and oxygen atoms in total. The maximum atomic E-state index is 9.77. The number of fused-ring (bicyclic) bond motifs is 1. The molecule has 0 bridgehead atoms. The minimum Gasteiger partial charge on any atom is -0.508 e. The fourth-order valence-electron chi connectivity index (χ4n) is 2.61. The number of aryl methyl sites for hydroxylation is 1. The number of phenols is 1. The third kappa shape index (κ3) is 4.70. The van der Waals surface area contributed by atoms with Crippen LogP contribution in [0.15, 0.2) is 36.4 Å². The molecule has 0 aromatic heterocycles. The molecule has 25 heavy (non-hydrogen) atoms. The van der Waals surface area contributed by atoms with Crippen molar-refractivity contribution in [1.29, 1.82) is 0 Å². The summed E-state index contributed by atoms with van der Waals surface area (Å²) in [7, 11) is 0. The second-order valence-electron chi connectivity index (χ2n) is 6.11. The maximum Gasteiger partial charge on any atom is 0.165 e. The highest BCUT2D eigenvalue weighted by atomic mass is 16.6. The quantitative estimate of drug-likeness (QED) is 0.528. The summed E-state index contributed by atoms with van der Waals surface area (Å²) in [5, 5.41) is 13.1. The Morgan fingerprint density at radius 3 is 3.00 bits per heavy atom. The van der Waals surface area contributed by atoms with E-state index in [-0.39, 0.29) is 11.9 Å². The molecule has 3 rings (SSSR count). The molecule has 2 aromatic rings. The fourth-order valence-corrected chi connectivity index (χ4v) is 2.61. The highest BCUT2D eigenvalue weighted by Crippen LogP contribution is 2.36. The van der Waals surface area contributed by atoms with Gasteiger partial charge in [-0.25, -0.2) is 0 Å². The first-order chi connectivity index (χ1) is 12.1. The standard InChI is InChI=1S/C19H24N2O4/c1-13-8-18-19(10-17(13)22)25-16(12-24-18)11-21-6-3-7-23-15-5-2-4-14(20)9-15/h2,4-5,8-10,16,21-22H,3,6-7,11-12,20H2,1H3. The number of nitrogens with two attached hydrogens (primary N) is 1. The van der Waals surface area contributed by atoms with Gasteiger partial charge in [-0.15, -0.1) is 0 Å². The van der Waals surface area contributed by atoms with Gasteiger partial charge in [0.15, 0.2) is 11.5 Å².